The molecule has 0 N–H and O–H groups in total. The fraction of sp³-hybridized carbons (Fsp3) is 0.143. The summed E-state index contributed by atoms with van der Waals surface area (Å²) in [4.78, 5) is -0.0638. The highest BCUT2D eigenvalue weighted by molar-refractivity contribution is 7.92. The van der Waals surface area contributed by atoms with Crippen LogP contribution in [0.3, 0.4) is 0 Å². The molecule has 0 fully saturated rings. The van der Waals surface area contributed by atoms with Crippen molar-refractivity contribution >= 4 is 15.7 Å². The summed E-state index contributed by atoms with van der Waals surface area (Å²) < 4.78 is 41.4. The third-order valence-corrected chi connectivity index (χ3v) is 5.89. The number of hydrogen-bond donors (Lipinski definition) is 0. The Bertz CT molecular complexity index is 1010. The van der Waals surface area contributed by atoms with Crippen LogP contribution in [-0.2, 0) is 16.6 Å². The predicted molar refractivity (Wildman–Crippen MR) is 102 cm³/mol. The highest BCUT2D eigenvalue weighted by Crippen LogP contribution is 2.27. The number of halogens is 1. The molecule has 0 spiro atoms. The van der Waals surface area contributed by atoms with Gasteiger partial charge >= 0.3 is 0 Å². The summed E-state index contributed by atoms with van der Waals surface area (Å²) in [5.41, 5.74) is 3.46. The van der Waals surface area contributed by atoms with Crippen LogP contribution in [0.4, 0.5) is 10.1 Å². The van der Waals surface area contributed by atoms with Gasteiger partial charge in [-0.15, -0.1) is 0 Å². The normalized spacial score (nSPS) is 11.3. The monoisotopic (exact) mass is 369 g/mol. The smallest absolute Gasteiger partial charge is 0.262 e. The molecule has 0 saturated carbocycles. The summed E-state index contributed by atoms with van der Waals surface area (Å²) >= 11 is 0. The fourth-order valence-electron chi connectivity index (χ4n) is 2.71. The molecule has 134 valence electrons. The lowest BCUT2D eigenvalue weighted by atomic mass is 10.1. The molecule has 0 bridgehead atoms. The molecule has 0 aliphatic heterocycles. The standard InChI is InChI=1S/C21H20FNO2S/c1-16-9-11-18(12-10-16)15-23(20-7-3-5-17(2)13-20)26(24,25)21-8-4-6-19(22)14-21/h3-14H,15H2,1-2H3. The van der Waals surface area contributed by atoms with E-state index in [1.807, 2.05) is 56.3 Å². The molecule has 0 saturated heterocycles. The van der Waals surface area contributed by atoms with Crippen LogP contribution in [0.25, 0.3) is 0 Å². The van der Waals surface area contributed by atoms with E-state index in [1.165, 1.54) is 22.5 Å². The van der Waals surface area contributed by atoms with Gasteiger partial charge in [-0.2, -0.15) is 0 Å². The first-order chi connectivity index (χ1) is 12.4. The van der Waals surface area contributed by atoms with E-state index in [4.69, 9.17) is 0 Å². The van der Waals surface area contributed by atoms with Crippen LogP contribution in [0.15, 0.2) is 77.7 Å². The molecule has 5 heteroatoms. The van der Waals surface area contributed by atoms with Crippen molar-refractivity contribution in [2.24, 2.45) is 0 Å². The second-order valence-electron chi connectivity index (χ2n) is 6.29. The van der Waals surface area contributed by atoms with Gasteiger partial charge in [0.15, 0.2) is 0 Å². The van der Waals surface area contributed by atoms with Crippen LogP contribution in [0, 0.1) is 19.7 Å². The number of hydrogen-bond acceptors (Lipinski definition) is 2. The fourth-order valence-corrected chi connectivity index (χ4v) is 4.19. The lowest BCUT2D eigenvalue weighted by Gasteiger charge is -2.25. The minimum absolute atomic E-state index is 0.0638. The zero-order chi connectivity index (χ0) is 18.7. The molecular formula is C21H20FNO2S. The zero-order valence-electron chi connectivity index (χ0n) is 14.7. The van der Waals surface area contributed by atoms with E-state index in [9.17, 15) is 12.8 Å². The van der Waals surface area contributed by atoms with Crippen molar-refractivity contribution in [2.75, 3.05) is 4.31 Å². The summed E-state index contributed by atoms with van der Waals surface area (Å²) in [6, 6.07) is 20.1. The first-order valence-electron chi connectivity index (χ1n) is 8.27. The highest BCUT2D eigenvalue weighted by Gasteiger charge is 2.25. The van der Waals surface area contributed by atoms with Gasteiger partial charge in [-0.3, -0.25) is 4.31 Å². The molecule has 0 amide bonds. The number of rotatable bonds is 5. The van der Waals surface area contributed by atoms with Crippen molar-refractivity contribution in [2.45, 2.75) is 25.3 Å². The van der Waals surface area contributed by atoms with Crippen LogP contribution < -0.4 is 4.31 Å². The second kappa shape index (κ2) is 7.30. The molecule has 3 aromatic rings. The van der Waals surface area contributed by atoms with E-state index >= 15 is 0 Å². The van der Waals surface area contributed by atoms with Crippen LogP contribution >= 0.6 is 0 Å². The van der Waals surface area contributed by atoms with Gasteiger partial charge < -0.3 is 0 Å². The molecule has 0 heterocycles. The van der Waals surface area contributed by atoms with Crippen molar-refractivity contribution in [1.29, 1.82) is 0 Å². The number of nitrogens with zero attached hydrogens (tertiary/aromatic N) is 1. The average molecular weight is 369 g/mol. The maximum absolute atomic E-state index is 13.6. The van der Waals surface area contributed by atoms with Crippen molar-refractivity contribution in [3.05, 3.63) is 95.3 Å². The summed E-state index contributed by atoms with van der Waals surface area (Å²) in [6.45, 7) is 4.05. The molecule has 0 aromatic heterocycles. The third kappa shape index (κ3) is 3.94. The van der Waals surface area contributed by atoms with E-state index < -0.39 is 15.8 Å². The number of aryl methyl sites for hydroxylation is 2. The van der Waals surface area contributed by atoms with Crippen molar-refractivity contribution in [1.82, 2.24) is 0 Å². The second-order valence-corrected chi connectivity index (χ2v) is 8.16. The van der Waals surface area contributed by atoms with Gasteiger partial charge in [-0.25, -0.2) is 12.8 Å². The van der Waals surface area contributed by atoms with E-state index in [0.29, 0.717) is 5.69 Å². The maximum Gasteiger partial charge on any atom is 0.264 e. The lowest BCUT2D eigenvalue weighted by molar-refractivity contribution is 0.585. The Morgan fingerprint density at radius 3 is 2.19 bits per heavy atom. The van der Waals surface area contributed by atoms with Gasteiger partial charge in [0.05, 0.1) is 17.1 Å². The molecule has 0 radical (unpaired) electrons. The molecule has 3 rings (SSSR count). The number of benzene rings is 3. The first kappa shape index (κ1) is 18.1. The first-order valence-corrected chi connectivity index (χ1v) is 9.71. The maximum atomic E-state index is 13.6. The molecule has 3 nitrogen and oxygen atoms in total. The van der Waals surface area contributed by atoms with Gasteiger partial charge in [0.25, 0.3) is 10.0 Å². The van der Waals surface area contributed by atoms with Crippen LogP contribution in [0.5, 0.6) is 0 Å². The van der Waals surface area contributed by atoms with Crippen LogP contribution in [0.1, 0.15) is 16.7 Å². The molecule has 0 atom stereocenters. The minimum atomic E-state index is -3.91. The summed E-state index contributed by atoms with van der Waals surface area (Å²) in [5.74, 6) is -0.578. The molecule has 0 aliphatic carbocycles. The summed E-state index contributed by atoms with van der Waals surface area (Å²) in [5, 5.41) is 0. The van der Waals surface area contributed by atoms with Gasteiger partial charge in [0.1, 0.15) is 5.82 Å². The largest absolute Gasteiger partial charge is 0.264 e. The SMILES string of the molecule is Cc1ccc(CN(c2cccc(C)c2)S(=O)(=O)c2cccc(F)c2)cc1. The van der Waals surface area contributed by atoms with Gasteiger partial charge in [-0.1, -0.05) is 48.0 Å². The van der Waals surface area contributed by atoms with Crippen LogP contribution in [-0.4, -0.2) is 8.42 Å². The van der Waals surface area contributed by atoms with Crippen molar-refractivity contribution in [3.8, 4) is 0 Å². The molecule has 0 unspecified atom stereocenters. The Hall–Kier alpha value is -2.66. The number of anilines is 1. The average Bonchev–Trinajstić information content (AvgIpc) is 2.61. The lowest BCUT2D eigenvalue weighted by Crippen LogP contribution is -2.30. The minimum Gasteiger partial charge on any atom is -0.262 e. The van der Waals surface area contributed by atoms with Crippen molar-refractivity contribution in [3.63, 3.8) is 0 Å². The van der Waals surface area contributed by atoms with Gasteiger partial charge in [-0.05, 0) is 55.3 Å². The Morgan fingerprint density at radius 2 is 1.54 bits per heavy atom. The van der Waals surface area contributed by atoms with E-state index in [1.54, 1.807) is 6.07 Å². The van der Waals surface area contributed by atoms with Crippen molar-refractivity contribution < 1.29 is 12.8 Å². The Kier molecular flexibility index (Phi) is 5.09. The highest BCUT2D eigenvalue weighted by atomic mass is 32.2. The molecule has 0 aliphatic rings. The third-order valence-electron chi connectivity index (χ3n) is 4.12. The Labute approximate surface area is 153 Å². The predicted octanol–water partition coefficient (Wildman–Crippen LogP) is 4.84. The molecular weight excluding hydrogens is 349 g/mol. The summed E-state index contributed by atoms with van der Waals surface area (Å²) in [6.07, 6.45) is 0. The summed E-state index contributed by atoms with van der Waals surface area (Å²) in [7, 11) is -3.91. The molecule has 3 aromatic carbocycles. The quantitative estimate of drug-likeness (QED) is 0.645. The Morgan fingerprint density at radius 1 is 0.846 bits per heavy atom. The topological polar surface area (TPSA) is 37.4 Å². The van der Waals surface area contributed by atoms with E-state index in [-0.39, 0.29) is 11.4 Å². The zero-order valence-corrected chi connectivity index (χ0v) is 15.5. The van der Waals surface area contributed by atoms with Gasteiger partial charge in [0, 0.05) is 0 Å². The Balaban J connectivity index is 2.09. The van der Waals surface area contributed by atoms with Crippen LogP contribution in [0.2, 0.25) is 0 Å². The van der Waals surface area contributed by atoms with E-state index in [0.717, 1.165) is 22.8 Å². The molecule has 26 heavy (non-hydrogen) atoms. The number of sulfonamides is 1. The van der Waals surface area contributed by atoms with E-state index in [2.05, 4.69) is 0 Å². The van der Waals surface area contributed by atoms with Gasteiger partial charge in [0.2, 0.25) is 0 Å².